The van der Waals surface area contributed by atoms with E-state index in [1.54, 1.807) is 36.4 Å². The molecule has 30 heavy (non-hydrogen) atoms. The molecule has 0 heterocycles. The van der Waals surface area contributed by atoms with Crippen molar-refractivity contribution in [2.45, 2.75) is 32.1 Å². The van der Waals surface area contributed by atoms with Crippen molar-refractivity contribution in [3.63, 3.8) is 0 Å². The molecule has 0 spiro atoms. The number of carbonyl (C=O) groups is 1. The maximum absolute atomic E-state index is 13.3. The number of ether oxygens (including phenoxy) is 1. The van der Waals surface area contributed by atoms with Crippen LogP contribution in [0.1, 0.15) is 23.6 Å². The molecule has 6 heteroatoms. The molecule has 156 valence electrons. The molecular formula is C24H25NO4S. The van der Waals surface area contributed by atoms with Gasteiger partial charge in [0.1, 0.15) is 5.75 Å². The zero-order valence-electron chi connectivity index (χ0n) is 17.3. The number of hydrogen-bond donors (Lipinski definition) is 0. The Hall–Kier alpha value is -3.12. The minimum atomic E-state index is -4.09. The minimum absolute atomic E-state index is 0.0458. The molecule has 3 rings (SSSR count). The minimum Gasteiger partial charge on any atom is -0.483 e. The van der Waals surface area contributed by atoms with E-state index in [0.29, 0.717) is 5.75 Å². The van der Waals surface area contributed by atoms with Gasteiger partial charge >= 0.3 is 0 Å². The molecule has 0 N–H and O–H groups in total. The van der Waals surface area contributed by atoms with Gasteiger partial charge in [-0.05, 0) is 61.7 Å². The average Bonchev–Trinajstić information content (AvgIpc) is 2.74. The number of aryl methyl sites for hydroxylation is 3. The number of carbonyl (C=O) groups excluding carboxylic acids is 1. The molecule has 0 aliphatic rings. The summed E-state index contributed by atoms with van der Waals surface area (Å²) in [5.41, 5.74) is 3.29. The van der Waals surface area contributed by atoms with Crippen LogP contribution in [0.5, 0.6) is 5.75 Å². The molecule has 0 unspecified atom stereocenters. The van der Waals surface area contributed by atoms with Gasteiger partial charge in [-0.3, -0.25) is 4.79 Å². The smallest absolute Gasteiger partial charge is 0.278 e. The molecular weight excluding hydrogens is 398 g/mol. The number of anilines is 1. The summed E-state index contributed by atoms with van der Waals surface area (Å²) in [5, 5.41) is 0. The van der Waals surface area contributed by atoms with Gasteiger partial charge in [0.25, 0.3) is 15.9 Å². The molecule has 0 radical (unpaired) electrons. The van der Waals surface area contributed by atoms with Crippen LogP contribution >= 0.6 is 0 Å². The number of nitrogens with zero attached hydrogens (tertiary/aromatic N) is 1. The standard InChI is InChI=1S/C24H25NO4S/c1-4-20-11-13-21(14-12-20)25(30(27,28)22-8-6-5-7-9-22)24(26)17-29-23-15-10-18(2)16-19(23)3/h5-16H,4,17H2,1-3H3. The third kappa shape index (κ3) is 4.71. The first-order valence-corrected chi connectivity index (χ1v) is 11.2. The molecule has 0 aromatic heterocycles. The van der Waals surface area contributed by atoms with Gasteiger partial charge in [0.15, 0.2) is 6.61 Å². The Balaban J connectivity index is 1.94. The Morgan fingerprint density at radius 3 is 2.20 bits per heavy atom. The van der Waals surface area contributed by atoms with E-state index < -0.39 is 22.5 Å². The number of rotatable bonds is 7. The highest BCUT2D eigenvalue weighted by molar-refractivity contribution is 7.93. The molecule has 0 aliphatic heterocycles. The number of hydrogen-bond acceptors (Lipinski definition) is 4. The highest BCUT2D eigenvalue weighted by Gasteiger charge is 2.31. The normalized spacial score (nSPS) is 11.2. The number of benzene rings is 3. The maximum Gasteiger partial charge on any atom is 0.278 e. The van der Waals surface area contributed by atoms with E-state index in [1.165, 1.54) is 12.1 Å². The Labute approximate surface area is 178 Å². The fraction of sp³-hybridized carbons (Fsp3) is 0.208. The van der Waals surface area contributed by atoms with E-state index in [1.807, 2.05) is 45.0 Å². The van der Waals surface area contributed by atoms with Gasteiger partial charge in [-0.25, -0.2) is 8.42 Å². The zero-order valence-corrected chi connectivity index (χ0v) is 18.1. The monoisotopic (exact) mass is 423 g/mol. The molecule has 0 fully saturated rings. The van der Waals surface area contributed by atoms with Crippen molar-refractivity contribution in [1.82, 2.24) is 0 Å². The summed E-state index contributed by atoms with van der Waals surface area (Å²) in [6.07, 6.45) is 0.815. The maximum atomic E-state index is 13.3. The summed E-state index contributed by atoms with van der Waals surface area (Å²) >= 11 is 0. The molecule has 0 atom stereocenters. The fourth-order valence-corrected chi connectivity index (χ4v) is 4.57. The molecule has 3 aromatic rings. The molecule has 0 aliphatic carbocycles. The largest absolute Gasteiger partial charge is 0.483 e. The predicted molar refractivity (Wildman–Crippen MR) is 118 cm³/mol. The van der Waals surface area contributed by atoms with Gasteiger partial charge in [-0.15, -0.1) is 0 Å². The quantitative estimate of drug-likeness (QED) is 0.554. The lowest BCUT2D eigenvalue weighted by Gasteiger charge is -2.23. The lowest BCUT2D eigenvalue weighted by molar-refractivity contribution is -0.119. The van der Waals surface area contributed by atoms with Crippen molar-refractivity contribution in [2.24, 2.45) is 0 Å². The fourth-order valence-electron chi connectivity index (χ4n) is 3.14. The van der Waals surface area contributed by atoms with Crippen molar-refractivity contribution < 1.29 is 17.9 Å². The van der Waals surface area contributed by atoms with E-state index in [4.69, 9.17) is 4.74 Å². The van der Waals surface area contributed by atoms with Gasteiger partial charge in [-0.2, -0.15) is 4.31 Å². The van der Waals surface area contributed by atoms with Crippen molar-refractivity contribution in [1.29, 1.82) is 0 Å². The summed E-state index contributed by atoms with van der Waals surface area (Å²) in [6.45, 7) is 5.46. The third-order valence-electron chi connectivity index (χ3n) is 4.77. The van der Waals surface area contributed by atoms with Gasteiger partial charge in [-0.1, -0.05) is 55.0 Å². The average molecular weight is 424 g/mol. The highest BCUT2D eigenvalue weighted by atomic mass is 32.2. The van der Waals surface area contributed by atoms with Crippen LogP contribution in [-0.4, -0.2) is 20.9 Å². The van der Waals surface area contributed by atoms with Crippen LogP contribution in [0.4, 0.5) is 5.69 Å². The van der Waals surface area contributed by atoms with Gasteiger partial charge in [0, 0.05) is 0 Å². The van der Waals surface area contributed by atoms with Crippen LogP contribution < -0.4 is 9.04 Å². The van der Waals surface area contributed by atoms with Crippen molar-refractivity contribution in [3.05, 3.63) is 89.5 Å². The van der Waals surface area contributed by atoms with E-state index in [-0.39, 0.29) is 10.6 Å². The summed E-state index contributed by atoms with van der Waals surface area (Å²) in [4.78, 5) is 13.1. The molecule has 1 amide bonds. The van der Waals surface area contributed by atoms with Crippen LogP contribution in [0.25, 0.3) is 0 Å². The molecule has 3 aromatic carbocycles. The Morgan fingerprint density at radius 2 is 1.60 bits per heavy atom. The van der Waals surface area contributed by atoms with Crippen molar-refractivity contribution in [3.8, 4) is 5.75 Å². The lowest BCUT2D eigenvalue weighted by Crippen LogP contribution is -2.40. The molecule has 0 saturated heterocycles. The van der Waals surface area contributed by atoms with Crippen LogP contribution in [-0.2, 0) is 21.2 Å². The second-order valence-corrected chi connectivity index (χ2v) is 8.84. The highest BCUT2D eigenvalue weighted by Crippen LogP contribution is 2.25. The second kappa shape index (κ2) is 9.13. The topological polar surface area (TPSA) is 63.7 Å². The summed E-state index contributed by atoms with van der Waals surface area (Å²) in [5.74, 6) is -0.115. The number of amides is 1. The number of sulfonamides is 1. The van der Waals surface area contributed by atoms with Gasteiger partial charge in [0.2, 0.25) is 0 Å². The summed E-state index contributed by atoms with van der Waals surface area (Å²) < 4.78 is 33.1. The van der Waals surface area contributed by atoms with E-state index >= 15 is 0 Å². The van der Waals surface area contributed by atoms with E-state index in [9.17, 15) is 13.2 Å². The van der Waals surface area contributed by atoms with Crippen LogP contribution in [0.3, 0.4) is 0 Å². The Bertz CT molecular complexity index is 1120. The van der Waals surface area contributed by atoms with Crippen LogP contribution in [0.2, 0.25) is 0 Å². The second-order valence-electron chi connectivity index (χ2n) is 7.05. The molecule has 5 nitrogen and oxygen atoms in total. The van der Waals surface area contributed by atoms with Gasteiger partial charge < -0.3 is 4.74 Å². The van der Waals surface area contributed by atoms with Crippen LogP contribution in [0.15, 0.2) is 77.7 Å². The molecule has 0 saturated carbocycles. The first-order valence-electron chi connectivity index (χ1n) is 9.75. The van der Waals surface area contributed by atoms with Crippen molar-refractivity contribution in [2.75, 3.05) is 10.9 Å². The first kappa shape index (κ1) is 21.6. The predicted octanol–water partition coefficient (Wildman–Crippen LogP) is 4.67. The van der Waals surface area contributed by atoms with Crippen LogP contribution in [0, 0.1) is 13.8 Å². The Morgan fingerprint density at radius 1 is 0.933 bits per heavy atom. The van der Waals surface area contributed by atoms with E-state index in [2.05, 4.69) is 0 Å². The van der Waals surface area contributed by atoms with Gasteiger partial charge in [0.05, 0.1) is 10.6 Å². The zero-order chi connectivity index (χ0) is 21.7. The SMILES string of the molecule is CCc1ccc(N(C(=O)COc2ccc(C)cc2C)S(=O)(=O)c2ccccc2)cc1. The third-order valence-corrected chi connectivity index (χ3v) is 6.53. The summed E-state index contributed by atoms with van der Waals surface area (Å²) in [6, 6.07) is 20.5. The van der Waals surface area contributed by atoms with Crippen molar-refractivity contribution >= 4 is 21.6 Å². The molecule has 0 bridgehead atoms. The lowest BCUT2D eigenvalue weighted by atomic mass is 10.1. The first-order chi connectivity index (χ1) is 14.3. The Kier molecular flexibility index (Phi) is 6.57. The van der Waals surface area contributed by atoms with E-state index in [0.717, 1.165) is 27.4 Å². The summed E-state index contributed by atoms with van der Waals surface area (Å²) in [7, 11) is -4.09.